The number of para-hydroxylation sites is 2. The van der Waals surface area contributed by atoms with Gasteiger partial charge >= 0.3 is 0 Å². The van der Waals surface area contributed by atoms with Crippen LogP contribution in [0.4, 0.5) is 17.3 Å². The third kappa shape index (κ3) is 2.46. The Morgan fingerprint density at radius 3 is 2.54 bits per heavy atom. The van der Waals surface area contributed by atoms with E-state index >= 15 is 0 Å². The van der Waals surface area contributed by atoms with Crippen LogP contribution in [0.2, 0.25) is 0 Å². The summed E-state index contributed by atoms with van der Waals surface area (Å²) in [7, 11) is 0. The zero-order valence-electron chi connectivity index (χ0n) is 14.0. The van der Waals surface area contributed by atoms with Gasteiger partial charge in [0.2, 0.25) is 5.88 Å². The monoisotopic (exact) mass is 319 g/mol. The van der Waals surface area contributed by atoms with Crippen LogP contribution in [-0.2, 0) is 12.8 Å². The molecule has 1 N–H and O–H groups in total. The van der Waals surface area contributed by atoms with Gasteiger partial charge in [0, 0.05) is 5.56 Å². The number of aromatic hydroxyl groups is 1. The molecule has 1 aromatic heterocycles. The van der Waals surface area contributed by atoms with E-state index in [-0.39, 0.29) is 5.75 Å². The first kappa shape index (κ1) is 14.9. The fourth-order valence-electron chi connectivity index (χ4n) is 3.53. The smallest absolute Gasteiger partial charge is 0.207 e. The standard InChI is InChI=1S/C21H21NO2/c1-14-10-11-18-16(12-14)6-5-7-17-13-15(2)24-21(17)22(18)19-8-3-4-9-20(19)23/h3-4,8-13,23H,5-7H2,1-2H3. The number of phenolic OH excluding ortho intramolecular Hbond substituents is 1. The van der Waals surface area contributed by atoms with Gasteiger partial charge in [-0.1, -0.05) is 29.8 Å². The number of hydrogen-bond acceptors (Lipinski definition) is 3. The highest BCUT2D eigenvalue weighted by atomic mass is 16.4. The number of phenols is 1. The molecule has 0 unspecified atom stereocenters. The van der Waals surface area contributed by atoms with Gasteiger partial charge in [0.25, 0.3) is 0 Å². The normalized spacial score (nSPS) is 13.8. The van der Waals surface area contributed by atoms with Gasteiger partial charge in [0.1, 0.15) is 11.5 Å². The summed E-state index contributed by atoms with van der Waals surface area (Å²) in [5.74, 6) is 1.97. The van der Waals surface area contributed by atoms with Crippen molar-refractivity contribution in [2.45, 2.75) is 33.1 Å². The highest BCUT2D eigenvalue weighted by molar-refractivity contribution is 5.81. The molecule has 2 heterocycles. The Balaban J connectivity index is 2.00. The van der Waals surface area contributed by atoms with Crippen molar-refractivity contribution in [2.75, 3.05) is 4.90 Å². The zero-order chi connectivity index (χ0) is 16.7. The number of aryl methyl sites for hydroxylation is 4. The molecule has 3 aromatic rings. The van der Waals surface area contributed by atoms with Crippen molar-refractivity contribution in [2.24, 2.45) is 0 Å². The maximum Gasteiger partial charge on any atom is 0.207 e. The molecule has 0 aliphatic carbocycles. The van der Waals surface area contributed by atoms with Crippen LogP contribution in [0.3, 0.4) is 0 Å². The minimum Gasteiger partial charge on any atom is -0.506 e. The average Bonchev–Trinajstić information content (AvgIpc) is 2.90. The van der Waals surface area contributed by atoms with E-state index in [1.807, 2.05) is 25.1 Å². The number of nitrogens with zero attached hydrogens (tertiary/aromatic N) is 1. The fourth-order valence-corrected chi connectivity index (χ4v) is 3.53. The van der Waals surface area contributed by atoms with Crippen LogP contribution in [0.25, 0.3) is 0 Å². The second kappa shape index (κ2) is 5.75. The van der Waals surface area contributed by atoms with Gasteiger partial charge in [-0.15, -0.1) is 0 Å². The largest absolute Gasteiger partial charge is 0.506 e. The lowest BCUT2D eigenvalue weighted by atomic mass is 9.98. The van der Waals surface area contributed by atoms with E-state index in [1.54, 1.807) is 6.07 Å². The zero-order valence-corrected chi connectivity index (χ0v) is 14.0. The Labute approximate surface area is 142 Å². The first-order valence-corrected chi connectivity index (χ1v) is 8.40. The topological polar surface area (TPSA) is 36.6 Å². The van der Waals surface area contributed by atoms with Gasteiger partial charge in [-0.25, -0.2) is 0 Å². The second-order valence-electron chi connectivity index (χ2n) is 6.50. The Kier molecular flexibility index (Phi) is 3.57. The van der Waals surface area contributed by atoms with Crippen LogP contribution in [-0.4, -0.2) is 5.11 Å². The van der Waals surface area contributed by atoms with Crippen LogP contribution in [0.5, 0.6) is 5.75 Å². The van der Waals surface area contributed by atoms with Crippen molar-refractivity contribution < 1.29 is 9.52 Å². The van der Waals surface area contributed by atoms with Gasteiger partial charge in [-0.3, -0.25) is 4.90 Å². The third-order valence-electron chi connectivity index (χ3n) is 4.60. The van der Waals surface area contributed by atoms with Crippen molar-refractivity contribution >= 4 is 17.3 Å². The summed E-state index contributed by atoms with van der Waals surface area (Å²) in [6.45, 7) is 4.09. The summed E-state index contributed by atoms with van der Waals surface area (Å²) in [6.07, 6.45) is 3.09. The maximum absolute atomic E-state index is 10.5. The lowest BCUT2D eigenvalue weighted by molar-refractivity contribution is 0.474. The average molecular weight is 319 g/mol. The number of benzene rings is 2. The summed E-state index contributed by atoms with van der Waals surface area (Å²) in [4.78, 5) is 2.06. The van der Waals surface area contributed by atoms with Gasteiger partial charge < -0.3 is 9.52 Å². The Morgan fingerprint density at radius 2 is 1.71 bits per heavy atom. The summed E-state index contributed by atoms with van der Waals surface area (Å²) in [5, 5.41) is 10.5. The Morgan fingerprint density at radius 1 is 0.917 bits per heavy atom. The van der Waals surface area contributed by atoms with E-state index < -0.39 is 0 Å². The van der Waals surface area contributed by atoms with E-state index in [9.17, 15) is 5.11 Å². The molecule has 0 spiro atoms. The molecule has 0 atom stereocenters. The van der Waals surface area contributed by atoms with E-state index in [0.29, 0.717) is 0 Å². The molecule has 3 nitrogen and oxygen atoms in total. The highest BCUT2D eigenvalue weighted by Crippen LogP contribution is 2.45. The van der Waals surface area contributed by atoms with Crippen molar-refractivity contribution in [3.8, 4) is 5.75 Å². The van der Waals surface area contributed by atoms with Crippen LogP contribution >= 0.6 is 0 Å². The van der Waals surface area contributed by atoms with Crippen LogP contribution in [0.1, 0.15) is 28.9 Å². The van der Waals surface area contributed by atoms with Gasteiger partial charge in [-0.2, -0.15) is 0 Å². The molecule has 4 rings (SSSR count). The molecular weight excluding hydrogens is 298 g/mol. The molecule has 0 saturated carbocycles. The molecule has 0 bridgehead atoms. The lowest BCUT2D eigenvalue weighted by Crippen LogP contribution is -2.15. The first-order chi connectivity index (χ1) is 11.6. The quantitative estimate of drug-likeness (QED) is 0.638. The molecule has 1 aliphatic heterocycles. The van der Waals surface area contributed by atoms with Crippen molar-refractivity contribution in [3.63, 3.8) is 0 Å². The predicted octanol–water partition coefficient (Wildman–Crippen LogP) is 5.56. The minimum atomic E-state index is 0.254. The van der Waals surface area contributed by atoms with Crippen molar-refractivity contribution in [1.29, 1.82) is 0 Å². The lowest BCUT2D eigenvalue weighted by Gasteiger charge is -2.28. The molecule has 122 valence electrons. The van der Waals surface area contributed by atoms with E-state index in [0.717, 1.165) is 42.3 Å². The molecule has 1 aliphatic rings. The summed E-state index contributed by atoms with van der Waals surface area (Å²) in [6, 6.07) is 16.0. The van der Waals surface area contributed by atoms with E-state index in [1.165, 1.54) is 16.7 Å². The maximum atomic E-state index is 10.5. The SMILES string of the molecule is Cc1ccc2c(c1)CCCc1cc(C)oc1N2c1ccccc1O. The Bertz CT molecular complexity index is 895. The summed E-state index contributed by atoms with van der Waals surface area (Å²) < 4.78 is 6.07. The van der Waals surface area contributed by atoms with Gasteiger partial charge in [0.05, 0.1) is 11.4 Å². The molecule has 0 radical (unpaired) electrons. The van der Waals surface area contributed by atoms with Crippen LogP contribution in [0, 0.1) is 13.8 Å². The van der Waals surface area contributed by atoms with Crippen molar-refractivity contribution in [1.82, 2.24) is 0 Å². The number of furan rings is 1. The molecule has 24 heavy (non-hydrogen) atoms. The fraction of sp³-hybridized carbons (Fsp3) is 0.238. The molecule has 0 amide bonds. The van der Waals surface area contributed by atoms with E-state index in [4.69, 9.17) is 4.42 Å². The summed E-state index contributed by atoms with van der Waals surface area (Å²) >= 11 is 0. The number of hydrogen-bond donors (Lipinski definition) is 1. The Hall–Kier alpha value is -2.68. The first-order valence-electron chi connectivity index (χ1n) is 8.40. The number of fused-ring (bicyclic) bond motifs is 2. The second-order valence-corrected chi connectivity index (χ2v) is 6.50. The van der Waals surface area contributed by atoms with Crippen LogP contribution < -0.4 is 4.90 Å². The van der Waals surface area contributed by atoms with Crippen molar-refractivity contribution in [3.05, 3.63) is 71.0 Å². The molecule has 3 heteroatoms. The van der Waals surface area contributed by atoms with Gasteiger partial charge in [-0.05, 0) is 62.9 Å². The number of anilines is 3. The minimum absolute atomic E-state index is 0.254. The highest BCUT2D eigenvalue weighted by Gasteiger charge is 2.26. The van der Waals surface area contributed by atoms with Crippen LogP contribution in [0.15, 0.2) is 52.9 Å². The van der Waals surface area contributed by atoms with Gasteiger partial charge in [0.15, 0.2) is 0 Å². The molecular formula is C21H21NO2. The molecule has 0 fully saturated rings. The molecule has 0 saturated heterocycles. The molecule has 2 aromatic carbocycles. The predicted molar refractivity (Wildman–Crippen MR) is 96.6 cm³/mol. The van der Waals surface area contributed by atoms with E-state index in [2.05, 4.69) is 36.1 Å². The number of rotatable bonds is 1. The third-order valence-corrected chi connectivity index (χ3v) is 4.60. The summed E-state index contributed by atoms with van der Waals surface area (Å²) in [5.41, 5.74) is 5.57.